The maximum Gasteiger partial charge on any atom is 0.311 e. The van der Waals surface area contributed by atoms with Crippen LogP contribution in [-0.2, 0) is 6.42 Å². The fourth-order valence-electron chi connectivity index (χ4n) is 2.56. The molecule has 0 aromatic heterocycles. The minimum absolute atomic E-state index is 0.0473. The van der Waals surface area contributed by atoms with Crippen molar-refractivity contribution in [2.75, 3.05) is 14.2 Å². The number of nitrogens with zero attached hydrogens (tertiary/aromatic N) is 2. The Bertz CT molecular complexity index is 487. The molecule has 0 spiro atoms. The fourth-order valence-corrected chi connectivity index (χ4v) is 2.56. The minimum Gasteiger partial charge on any atom is -0.490 e. The van der Waals surface area contributed by atoms with Crippen molar-refractivity contribution >= 4 is 5.69 Å². The predicted molar refractivity (Wildman–Crippen MR) is 69.0 cm³/mol. The first-order chi connectivity index (χ1) is 8.45. The van der Waals surface area contributed by atoms with Gasteiger partial charge in [0.25, 0.3) is 0 Å². The molecule has 0 radical (unpaired) electrons. The zero-order valence-corrected chi connectivity index (χ0v) is 11.1. The van der Waals surface area contributed by atoms with Crippen LogP contribution in [0.1, 0.15) is 31.0 Å². The lowest BCUT2D eigenvalue weighted by molar-refractivity contribution is -0.385. The number of nitro benzene ring substituents is 1. The SMILES string of the molecule is COc1cc2c(cc1[N+](=O)[O-])C(C)N(C)C(C)C2. The number of fused-ring (bicyclic) bond motifs is 1. The molecule has 0 N–H and O–H groups in total. The third-order valence-electron chi connectivity index (χ3n) is 3.91. The highest BCUT2D eigenvalue weighted by atomic mass is 16.6. The molecule has 5 heteroatoms. The molecule has 18 heavy (non-hydrogen) atoms. The third-order valence-corrected chi connectivity index (χ3v) is 3.91. The Morgan fingerprint density at radius 1 is 1.44 bits per heavy atom. The average Bonchev–Trinajstić information content (AvgIpc) is 2.34. The smallest absolute Gasteiger partial charge is 0.311 e. The normalized spacial score (nSPS) is 23.6. The largest absolute Gasteiger partial charge is 0.490 e. The van der Waals surface area contributed by atoms with Gasteiger partial charge in [0.05, 0.1) is 12.0 Å². The molecule has 1 aliphatic heterocycles. The summed E-state index contributed by atoms with van der Waals surface area (Å²) in [5.74, 6) is 0.350. The molecule has 1 aromatic rings. The fraction of sp³-hybridized carbons (Fsp3) is 0.538. The van der Waals surface area contributed by atoms with Crippen molar-refractivity contribution in [3.8, 4) is 5.75 Å². The number of methoxy groups -OCH3 is 1. The number of hydrogen-bond donors (Lipinski definition) is 0. The van der Waals surface area contributed by atoms with E-state index in [1.807, 2.05) is 13.1 Å². The van der Waals surface area contributed by atoms with E-state index in [4.69, 9.17) is 4.74 Å². The highest BCUT2D eigenvalue weighted by Gasteiger charge is 2.30. The summed E-state index contributed by atoms with van der Waals surface area (Å²) in [6.07, 6.45) is 0.893. The molecule has 2 rings (SSSR count). The number of rotatable bonds is 2. The van der Waals surface area contributed by atoms with Gasteiger partial charge in [0.2, 0.25) is 0 Å². The Morgan fingerprint density at radius 3 is 2.67 bits per heavy atom. The number of benzene rings is 1. The minimum atomic E-state index is -0.385. The van der Waals surface area contributed by atoms with Crippen LogP contribution < -0.4 is 4.74 Å². The van der Waals surface area contributed by atoms with E-state index in [-0.39, 0.29) is 16.7 Å². The maximum absolute atomic E-state index is 11.0. The Balaban J connectivity index is 2.56. The van der Waals surface area contributed by atoms with Crippen molar-refractivity contribution in [2.24, 2.45) is 0 Å². The van der Waals surface area contributed by atoms with Crippen molar-refractivity contribution in [2.45, 2.75) is 32.4 Å². The van der Waals surface area contributed by atoms with Crippen LogP contribution in [-0.4, -0.2) is 30.0 Å². The molecule has 1 heterocycles. The van der Waals surface area contributed by atoms with Gasteiger partial charge >= 0.3 is 5.69 Å². The molecule has 2 atom stereocenters. The van der Waals surface area contributed by atoms with E-state index in [0.717, 1.165) is 17.5 Å². The lowest BCUT2D eigenvalue weighted by Gasteiger charge is -2.37. The van der Waals surface area contributed by atoms with Gasteiger partial charge in [0.15, 0.2) is 5.75 Å². The molecule has 1 aromatic carbocycles. The molecule has 0 fully saturated rings. The van der Waals surface area contributed by atoms with Crippen LogP contribution in [0, 0.1) is 10.1 Å². The summed E-state index contributed by atoms with van der Waals surface area (Å²) < 4.78 is 5.11. The van der Waals surface area contributed by atoms with Crippen LogP contribution >= 0.6 is 0 Å². The first kappa shape index (κ1) is 12.8. The van der Waals surface area contributed by atoms with Crippen molar-refractivity contribution < 1.29 is 9.66 Å². The number of hydrogen-bond acceptors (Lipinski definition) is 4. The van der Waals surface area contributed by atoms with E-state index in [9.17, 15) is 10.1 Å². The second-order valence-corrected chi connectivity index (χ2v) is 4.87. The van der Waals surface area contributed by atoms with Crippen molar-refractivity contribution in [3.63, 3.8) is 0 Å². The van der Waals surface area contributed by atoms with Crippen LogP contribution in [0.15, 0.2) is 12.1 Å². The Kier molecular flexibility index (Phi) is 3.26. The Labute approximate surface area is 107 Å². The Morgan fingerprint density at radius 2 is 2.11 bits per heavy atom. The molecule has 1 aliphatic rings. The van der Waals surface area contributed by atoms with Gasteiger partial charge in [-0.05, 0) is 44.5 Å². The molecule has 0 bridgehead atoms. The van der Waals surface area contributed by atoms with Crippen molar-refractivity contribution in [1.29, 1.82) is 0 Å². The zero-order valence-electron chi connectivity index (χ0n) is 11.1. The van der Waals surface area contributed by atoms with E-state index in [1.165, 1.54) is 7.11 Å². The quantitative estimate of drug-likeness (QED) is 0.598. The lowest BCUT2D eigenvalue weighted by Crippen LogP contribution is -2.37. The van der Waals surface area contributed by atoms with Crippen LogP contribution in [0.5, 0.6) is 5.75 Å². The van der Waals surface area contributed by atoms with E-state index in [2.05, 4.69) is 18.7 Å². The number of ether oxygens (including phenoxy) is 1. The van der Waals surface area contributed by atoms with Gasteiger partial charge in [-0.2, -0.15) is 0 Å². The average molecular weight is 250 g/mol. The summed E-state index contributed by atoms with van der Waals surface area (Å²) in [5.41, 5.74) is 2.23. The third kappa shape index (κ3) is 1.95. The van der Waals surface area contributed by atoms with Crippen molar-refractivity contribution in [1.82, 2.24) is 4.90 Å². The van der Waals surface area contributed by atoms with Gasteiger partial charge in [-0.1, -0.05) is 0 Å². The van der Waals surface area contributed by atoms with Gasteiger partial charge < -0.3 is 4.74 Å². The molecule has 0 saturated heterocycles. The molecule has 98 valence electrons. The monoisotopic (exact) mass is 250 g/mol. The number of nitro groups is 1. The number of likely N-dealkylation sites (N-methyl/N-ethyl adjacent to an activating group) is 1. The van der Waals surface area contributed by atoms with Gasteiger partial charge in [0, 0.05) is 18.2 Å². The van der Waals surface area contributed by atoms with Crippen LogP contribution in [0.3, 0.4) is 0 Å². The first-order valence-electron chi connectivity index (χ1n) is 6.02. The molecule has 0 aliphatic carbocycles. The molecule has 0 saturated carbocycles. The second kappa shape index (κ2) is 4.57. The van der Waals surface area contributed by atoms with Gasteiger partial charge in [-0.3, -0.25) is 15.0 Å². The van der Waals surface area contributed by atoms with E-state index in [0.29, 0.717) is 11.8 Å². The van der Waals surface area contributed by atoms with Crippen LogP contribution in [0.4, 0.5) is 5.69 Å². The summed E-state index contributed by atoms with van der Waals surface area (Å²) in [6.45, 7) is 4.23. The molecule has 0 amide bonds. The van der Waals surface area contributed by atoms with Crippen molar-refractivity contribution in [3.05, 3.63) is 33.4 Å². The van der Waals surface area contributed by atoms with Gasteiger partial charge in [-0.25, -0.2) is 0 Å². The molecular formula is C13H18N2O3. The summed E-state index contributed by atoms with van der Waals surface area (Å²) in [7, 11) is 3.52. The van der Waals surface area contributed by atoms with Gasteiger partial charge in [0.1, 0.15) is 0 Å². The maximum atomic E-state index is 11.0. The van der Waals surface area contributed by atoms with E-state index < -0.39 is 0 Å². The zero-order chi connectivity index (χ0) is 13.4. The summed E-state index contributed by atoms with van der Waals surface area (Å²) >= 11 is 0. The summed E-state index contributed by atoms with van der Waals surface area (Å²) in [5, 5.41) is 11.0. The topological polar surface area (TPSA) is 55.6 Å². The Hall–Kier alpha value is -1.62. The van der Waals surface area contributed by atoms with E-state index in [1.54, 1.807) is 6.07 Å². The summed E-state index contributed by atoms with van der Waals surface area (Å²) in [4.78, 5) is 12.9. The predicted octanol–water partition coefficient (Wildman–Crippen LogP) is 2.54. The highest BCUT2D eigenvalue weighted by Crippen LogP contribution is 2.38. The first-order valence-corrected chi connectivity index (χ1v) is 6.02. The van der Waals surface area contributed by atoms with Crippen LogP contribution in [0.25, 0.3) is 0 Å². The lowest BCUT2D eigenvalue weighted by atomic mass is 9.89. The second-order valence-electron chi connectivity index (χ2n) is 4.87. The van der Waals surface area contributed by atoms with Gasteiger partial charge in [-0.15, -0.1) is 0 Å². The highest BCUT2D eigenvalue weighted by molar-refractivity contribution is 5.53. The van der Waals surface area contributed by atoms with E-state index >= 15 is 0 Å². The van der Waals surface area contributed by atoms with Crippen LogP contribution in [0.2, 0.25) is 0 Å². The molecule has 5 nitrogen and oxygen atoms in total. The summed E-state index contributed by atoms with van der Waals surface area (Å²) in [6, 6.07) is 4.08. The molecule has 2 unspecified atom stereocenters. The standard InChI is InChI=1S/C13H18N2O3/c1-8-5-10-6-13(18-4)12(15(16)17)7-11(10)9(2)14(8)3/h6-9H,5H2,1-4H3. The molecular weight excluding hydrogens is 232 g/mol.